The molecule has 5 heteroatoms. The van der Waals surface area contributed by atoms with E-state index in [1.54, 1.807) is 0 Å². The first-order valence-corrected chi connectivity index (χ1v) is 6.28. The van der Waals surface area contributed by atoms with Crippen LogP contribution in [0, 0.1) is 0 Å². The SMILES string of the molecule is NC(=O)CCCCNCc1c(Cl)cccc1Cl. The lowest BCUT2D eigenvalue weighted by Gasteiger charge is -2.08. The van der Waals surface area contributed by atoms with Crippen LogP contribution in [0.5, 0.6) is 0 Å². The Kier molecular flexibility index (Phi) is 6.34. The molecule has 94 valence electrons. The molecular weight excluding hydrogens is 259 g/mol. The highest BCUT2D eigenvalue weighted by Gasteiger charge is 2.04. The monoisotopic (exact) mass is 274 g/mol. The van der Waals surface area contributed by atoms with Gasteiger partial charge in [-0.3, -0.25) is 4.79 Å². The van der Waals surface area contributed by atoms with Crippen molar-refractivity contribution in [3.8, 4) is 0 Å². The maximum atomic E-state index is 10.5. The van der Waals surface area contributed by atoms with Crippen LogP contribution in [0.1, 0.15) is 24.8 Å². The third kappa shape index (κ3) is 5.39. The second kappa shape index (κ2) is 7.54. The summed E-state index contributed by atoms with van der Waals surface area (Å²) in [6.07, 6.45) is 2.15. The lowest BCUT2D eigenvalue weighted by Crippen LogP contribution is -2.16. The first-order valence-electron chi connectivity index (χ1n) is 5.53. The predicted molar refractivity (Wildman–Crippen MR) is 71.2 cm³/mol. The van der Waals surface area contributed by atoms with Gasteiger partial charge in [-0.15, -0.1) is 0 Å². The zero-order valence-electron chi connectivity index (χ0n) is 9.51. The minimum Gasteiger partial charge on any atom is -0.370 e. The van der Waals surface area contributed by atoms with Gasteiger partial charge in [0.05, 0.1) is 0 Å². The molecule has 0 unspecified atom stereocenters. The van der Waals surface area contributed by atoms with E-state index in [0.717, 1.165) is 24.9 Å². The molecule has 17 heavy (non-hydrogen) atoms. The van der Waals surface area contributed by atoms with Gasteiger partial charge in [-0.05, 0) is 31.5 Å². The summed E-state index contributed by atoms with van der Waals surface area (Å²) in [5.41, 5.74) is 5.95. The molecule has 0 heterocycles. The second-order valence-electron chi connectivity index (χ2n) is 3.80. The Balaban J connectivity index is 2.24. The van der Waals surface area contributed by atoms with Crippen molar-refractivity contribution in [1.82, 2.24) is 5.32 Å². The molecule has 0 aliphatic carbocycles. The van der Waals surface area contributed by atoms with Gasteiger partial charge in [0.1, 0.15) is 0 Å². The average molecular weight is 275 g/mol. The molecule has 0 bridgehead atoms. The van der Waals surface area contributed by atoms with Crippen LogP contribution in [0.25, 0.3) is 0 Å². The fraction of sp³-hybridized carbons (Fsp3) is 0.417. The van der Waals surface area contributed by atoms with Crippen molar-refractivity contribution >= 4 is 29.1 Å². The van der Waals surface area contributed by atoms with E-state index in [1.165, 1.54) is 0 Å². The van der Waals surface area contributed by atoms with Crippen molar-refractivity contribution < 1.29 is 4.79 Å². The summed E-state index contributed by atoms with van der Waals surface area (Å²) in [4.78, 5) is 10.5. The zero-order valence-corrected chi connectivity index (χ0v) is 11.0. The van der Waals surface area contributed by atoms with Gasteiger partial charge in [0, 0.05) is 28.6 Å². The number of rotatable bonds is 7. The van der Waals surface area contributed by atoms with Gasteiger partial charge in [-0.25, -0.2) is 0 Å². The van der Waals surface area contributed by atoms with Gasteiger partial charge in [0.25, 0.3) is 0 Å². The van der Waals surface area contributed by atoms with Crippen molar-refractivity contribution in [3.05, 3.63) is 33.8 Å². The molecule has 0 spiro atoms. The highest BCUT2D eigenvalue weighted by Crippen LogP contribution is 2.23. The number of carbonyl (C=O) groups excluding carboxylic acids is 1. The summed E-state index contributed by atoms with van der Waals surface area (Å²) >= 11 is 12.1. The molecule has 0 fully saturated rings. The van der Waals surface area contributed by atoms with Crippen LogP contribution in [0.3, 0.4) is 0 Å². The molecule has 3 nitrogen and oxygen atoms in total. The fourth-order valence-corrected chi connectivity index (χ4v) is 1.99. The Morgan fingerprint density at radius 2 is 1.88 bits per heavy atom. The van der Waals surface area contributed by atoms with Crippen LogP contribution in [-0.2, 0) is 11.3 Å². The summed E-state index contributed by atoms with van der Waals surface area (Å²) in [7, 11) is 0. The highest BCUT2D eigenvalue weighted by atomic mass is 35.5. The highest BCUT2D eigenvalue weighted by molar-refractivity contribution is 6.35. The first kappa shape index (κ1) is 14.3. The van der Waals surface area contributed by atoms with Crippen molar-refractivity contribution in [1.29, 1.82) is 0 Å². The molecule has 1 aromatic rings. The van der Waals surface area contributed by atoms with E-state index in [0.29, 0.717) is 23.0 Å². The maximum absolute atomic E-state index is 10.5. The van der Waals surface area contributed by atoms with E-state index in [1.807, 2.05) is 18.2 Å². The van der Waals surface area contributed by atoms with Crippen LogP contribution in [0.15, 0.2) is 18.2 Å². The smallest absolute Gasteiger partial charge is 0.217 e. The summed E-state index contributed by atoms with van der Waals surface area (Å²) in [6.45, 7) is 1.45. The molecule has 0 aliphatic rings. The maximum Gasteiger partial charge on any atom is 0.217 e. The van der Waals surface area contributed by atoms with Crippen molar-refractivity contribution in [3.63, 3.8) is 0 Å². The van der Waals surface area contributed by atoms with E-state index < -0.39 is 0 Å². The Morgan fingerprint density at radius 3 is 2.47 bits per heavy atom. The summed E-state index contributed by atoms with van der Waals surface area (Å²) < 4.78 is 0. The minimum absolute atomic E-state index is 0.251. The Bertz CT molecular complexity index is 363. The molecule has 1 rings (SSSR count). The number of nitrogens with one attached hydrogen (secondary N) is 1. The number of nitrogens with two attached hydrogens (primary N) is 1. The summed E-state index contributed by atoms with van der Waals surface area (Å²) in [6, 6.07) is 5.45. The average Bonchev–Trinajstić information content (AvgIpc) is 2.26. The molecule has 0 atom stereocenters. The number of carbonyl (C=O) groups is 1. The number of benzene rings is 1. The third-order valence-corrected chi connectivity index (χ3v) is 3.10. The molecule has 0 aromatic heterocycles. The fourth-order valence-electron chi connectivity index (χ4n) is 1.46. The van der Waals surface area contributed by atoms with Crippen LogP contribution in [-0.4, -0.2) is 12.5 Å². The first-order chi connectivity index (χ1) is 8.11. The molecule has 3 N–H and O–H groups in total. The molecule has 0 radical (unpaired) electrons. The van der Waals surface area contributed by atoms with E-state index >= 15 is 0 Å². The van der Waals surface area contributed by atoms with Gasteiger partial charge in [-0.2, -0.15) is 0 Å². The van der Waals surface area contributed by atoms with Crippen molar-refractivity contribution in [2.24, 2.45) is 5.73 Å². The lowest BCUT2D eigenvalue weighted by molar-refractivity contribution is -0.118. The molecular formula is C12H16Cl2N2O. The standard InChI is InChI=1S/C12H16Cl2N2O/c13-10-4-3-5-11(14)9(10)8-16-7-2-1-6-12(15)17/h3-5,16H,1-2,6-8H2,(H2,15,17). The van der Waals surface area contributed by atoms with Crippen molar-refractivity contribution in [2.45, 2.75) is 25.8 Å². The van der Waals surface area contributed by atoms with Gasteiger partial charge < -0.3 is 11.1 Å². The lowest BCUT2D eigenvalue weighted by atomic mass is 10.2. The number of unbranched alkanes of at least 4 members (excludes halogenated alkanes) is 1. The van der Waals surface area contributed by atoms with Crippen LogP contribution >= 0.6 is 23.2 Å². The largest absolute Gasteiger partial charge is 0.370 e. The Morgan fingerprint density at radius 1 is 1.24 bits per heavy atom. The van der Waals surface area contributed by atoms with E-state index in [4.69, 9.17) is 28.9 Å². The number of halogens is 2. The number of hydrogen-bond donors (Lipinski definition) is 2. The van der Waals surface area contributed by atoms with E-state index in [9.17, 15) is 4.79 Å². The van der Waals surface area contributed by atoms with Crippen LogP contribution in [0.4, 0.5) is 0 Å². The van der Waals surface area contributed by atoms with E-state index in [2.05, 4.69) is 5.32 Å². The molecule has 0 saturated heterocycles. The normalized spacial score (nSPS) is 10.5. The number of hydrogen-bond acceptors (Lipinski definition) is 2. The molecule has 1 amide bonds. The van der Waals surface area contributed by atoms with Gasteiger partial charge in [0.2, 0.25) is 5.91 Å². The second-order valence-corrected chi connectivity index (χ2v) is 4.61. The van der Waals surface area contributed by atoms with Gasteiger partial charge >= 0.3 is 0 Å². The number of primary amides is 1. The molecule has 0 aliphatic heterocycles. The summed E-state index contributed by atoms with van der Waals surface area (Å²) in [5.74, 6) is -0.251. The van der Waals surface area contributed by atoms with Crippen molar-refractivity contribution in [2.75, 3.05) is 6.54 Å². The predicted octanol–water partition coefficient (Wildman–Crippen LogP) is 2.74. The Hall–Kier alpha value is -0.770. The molecule has 1 aromatic carbocycles. The quantitative estimate of drug-likeness (QED) is 0.752. The topological polar surface area (TPSA) is 55.1 Å². The van der Waals surface area contributed by atoms with Crippen LogP contribution < -0.4 is 11.1 Å². The van der Waals surface area contributed by atoms with E-state index in [-0.39, 0.29) is 5.91 Å². The van der Waals surface area contributed by atoms with Gasteiger partial charge in [0.15, 0.2) is 0 Å². The number of amides is 1. The van der Waals surface area contributed by atoms with Gasteiger partial charge in [-0.1, -0.05) is 29.3 Å². The molecule has 0 saturated carbocycles. The zero-order chi connectivity index (χ0) is 12.7. The summed E-state index contributed by atoms with van der Waals surface area (Å²) in [5, 5.41) is 4.57. The minimum atomic E-state index is -0.251. The Labute approximate surface area is 111 Å². The van der Waals surface area contributed by atoms with Crippen LogP contribution in [0.2, 0.25) is 10.0 Å². The third-order valence-electron chi connectivity index (χ3n) is 2.39.